The Kier molecular flexibility index (Phi) is 2.85. The molecule has 1 aromatic heterocycles. The molecule has 3 heteroatoms. The first-order chi connectivity index (χ1) is 6.75. The minimum Gasteiger partial charge on any atom is -0.302 e. The van der Waals surface area contributed by atoms with E-state index in [1.165, 1.54) is 5.57 Å². The molecule has 74 valence electrons. The Balaban J connectivity index is 2.23. The first-order valence-electron chi connectivity index (χ1n) is 4.76. The highest BCUT2D eigenvalue weighted by molar-refractivity contribution is 6.29. The van der Waals surface area contributed by atoms with Gasteiger partial charge in [0.05, 0.1) is 5.69 Å². The highest BCUT2D eigenvalue weighted by Gasteiger charge is 2.10. The average Bonchev–Trinajstić information content (AvgIpc) is 2.19. The maximum atomic E-state index is 5.84. The summed E-state index contributed by atoms with van der Waals surface area (Å²) >= 11 is 5.84. The van der Waals surface area contributed by atoms with Crippen LogP contribution in [0.25, 0.3) is 5.57 Å². The van der Waals surface area contributed by atoms with Crippen molar-refractivity contribution in [2.75, 3.05) is 20.1 Å². The fourth-order valence-corrected chi connectivity index (χ4v) is 1.75. The van der Waals surface area contributed by atoms with Gasteiger partial charge in [0.1, 0.15) is 5.15 Å². The van der Waals surface area contributed by atoms with E-state index in [0.29, 0.717) is 5.15 Å². The Morgan fingerprint density at radius 3 is 2.93 bits per heavy atom. The van der Waals surface area contributed by atoms with Crippen molar-refractivity contribution in [1.82, 2.24) is 9.88 Å². The molecule has 0 bridgehead atoms. The van der Waals surface area contributed by atoms with Crippen molar-refractivity contribution in [3.05, 3.63) is 35.1 Å². The molecule has 2 rings (SSSR count). The van der Waals surface area contributed by atoms with E-state index in [2.05, 4.69) is 23.0 Å². The number of pyridine rings is 1. The third-order valence-electron chi connectivity index (χ3n) is 2.46. The normalized spacial score (nSPS) is 18.0. The van der Waals surface area contributed by atoms with Crippen LogP contribution in [0.1, 0.15) is 12.1 Å². The first kappa shape index (κ1) is 9.69. The molecule has 0 amide bonds. The molecule has 0 unspecified atom stereocenters. The minimum atomic E-state index is 0.572. The van der Waals surface area contributed by atoms with E-state index in [-0.39, 0.29) is 0 Å². The van der Waals surface area contributed by atoms with Gasteiger partial charge in [0.15, 0.2) is 0 Å². The van der Waals surface area contributed by atoms with E-state index in [1.807, 2.05) is 12.1 Å². The second-order valence-corrected chi connectivity index (χ2v) is 3.97. The van der Waals surface area contributed by atoms with Crippen LogP contribution in [-0.4, -0.2) is 30.0 Å². The third-order valence-corrected chi connectivity index (χ3v) is 2.67. The molecule has 2 nitrogen and oxygen atoms in total. The van der Waals surface area contributed by atoms with Gasteiger partial charge >= 0.3 is 0 Å². The van der Waals surface area contributed by atoms with E-state index >= 15 is 0 Å². The van der Waals surface area contributed by atoms with Gasteiger partial charge in [-0.05, 0) is 31.2 Å². The van der Waals surface area contributed by atoms with E-state index in [1.54, 1.807) is 6.07 Å². The molecule has 0 spiro atoms. The fourth-order valence-electron chi connectivity index (χ4n) is 1.59. The smallest absolute Gasteiger partial charge is 0.129 e. The Labute approximate surface area is 89.2 Å². The monoisotopic (exact) mass is 208 g/mol. The van der Waals surface area contributed by atoms with Crippen molar-refractivity contribution in [2.45, 2.75) is 6.42 Å². The Morgan fingerprint density at radius 2 is 2.29 bits per heavy atom. The molecule has 1 aromatic rings. The molecule has 14 heavy (non-hydrogen) atoms. The zero-order valence-corrected chi connectivity index (χ0v) is 8.96. The summed E-state index contributed by atoms with van der Waals surface area (Å²) in [5, 5.41) is 0.572. The minimum absolute atomic E-state index is 0.572. The number of hydrogen-bond acceptors (Lipinski definition) is 2. The second kappa shape index (κ2) is 4.11. The quantitative estimate of drug-likeness (QED) is 0.660. The van der Waals surface area contributed by atoms with Gasteiger partial charge in [-0.25, -0.2) is 4.98 Å². The summed E-state index contributed by atoms with van der Waals surface area (Å²) in [6.45, 7) is 2.10. The summed E-state index contributed by atoms with van der Waals surface area (Å²) in [7, 11) is 2.12. The summed E-state index contributed by atoms with van der Waals surface area (Å²) in [5.74, 6) is 0. The molecule has 0 fully saturated rings. The number of halogens is 1. The average molecular weight is 209 g/mol. The maximum absolute atomic E-state index is 5.84. The van der Waals surface area contributed by atoms with E-state index in [4.69, 9.17) is 11.6 Å². The standard InChI is InChI=1S/C11H13ClN2/c1-14-7-5-9(6-8-14)10-3-2-4-11(12)13-10/h2-5H,6-8H2,1H3. The maximum Gasteiger partial charge on any atom is 0.129 e. The highest BCUT2D eigenvalue weighted by Crippen LogP contribution is 2.20. The van der Waals surface area contributed by atoms with Crippen LogP contribution in [0.2, 0.25) is 5.15 Å². The Hall–Kier alpha value is -0.860. The molecular weight excluding hydrogens is 196 g/mol. The molecule has 2 heterocycles. The topological polar surface area (TPSA) is 16.1 Å². The van der Waals surface area contributed by atoms with Gasteiger partial charge in [0.25, 0.3) is 0 Å². The van der Waals surface area contributed by atoms with Crippen LogP contribution in [0, 0.1) is 0 Å². The molecule has 0 saturated heterocycles. The summed E-state index contributed by atoms with van der Waals surface area (Å²) in [6, 6.07) is 5.77. The van der Waals surface area contributed by atoms with Gasteiger partial charge in [-0.3, -0.25) is 0 Å². The van der Waals surface area contributed by atoms with Crippen molar-refractivity contribution >= 4 is 17.2 Å². The van der Waals surface area contributed by atoms with Crippen molar-refractivity contribution in [2.24, 2.45) is 0 Å². The summed E-state index contributed by atoms with van der Waals surface area (Å²) in [4.78, 5) is 6.59. The molecule has 0 aliphatic carbocycles. The number of rotatable bonds is 1. The van der Waals surface area contributed by atoms with Crippen LogP contribution < -0.4 is 0 Å². The van der Waals surface area contributed by atoms with Crippen molar-refractivity contribution in [1.29, 1.82) is 0 Å². The number of hydrogen-bond donors (Lipinski definition) is 0. The Bertz CT molecular complexity index is 360. The molecule has 0 radical (unpaired) electrons. The van der Waals surface area contributed by atoms with Crippen LogP contribution in [0.15, 0.2) is 24.3 Å². The predicted molar refractivity (Wildman–Crippen MR) is 59.3 cm³/mol. The van der Waals surface area contributed by atoms with Crippen molar-refractivity contribution < 1.29 is 0 Å². The zero-order chi connectivity index (χ0) is 9.97. The van der Waals surface area contributed by atoms with Crippen LogP contribution in [0.4, 0.5) is 0 Å². The summed E-state index contributed by atoms with van der Waals surface area (Å²) in [6.07, 6.45) is 3.28. The van der Waals surface area contributed by atoms with Crippen LogP contribution in [-0.2, 0) is 0 Å². The second-order valence-electron chi connectivity index (χ2n) is 3.59. The molecule has 0 aromatic carbocycles. The lowest BCUT2D eigenvalue weighted by atomic mass is 10.0. The van der Waals surface area contributed by atoms with Gasteiger partial charge in [-0.2, -0.15) is 0 Å². The molecule has 0 saturated carbocycles. The Morgan fingerprint density at radius 1 is 1.43 bits per heavy atom. The van der Waals surface area contributed by atoms with E-state index in [0.717, 1.165) is 25.2 Å². The van der Waals surface area contributed by atoms with Gasteiger partial charge in [0.2, 0.25) is 0 Å². The number of aromatic nitrogens is 1. The SMILES string of the molecule is CN1CC=C(c2cccc(Cl)n2)CC1. The van der Waals surface area contributed by atoms with Gasteiger partial charge < -0.3 is 4.90 Å². The number of nitrogens with zero attached hydrogens (tertiary/aromatic N) is 2. The lowest BCUT2D eigenvalue weighted by Crippen LogP contribution is -2.23. The van der Waals surface area contributed by atoms with Crippen LogP contribution in [0.5, 0.6) is 0 Å². The molecule has 0 N–H and O–H groups in total. The lowest BCUT2D eigenvalue weighted by Gasteiger charge is -2.21. The molecular formula is C11H13ClN2. The summed E-state index contributed by atoms with van der Waals surface area (Å²) in [5.41, 5.74) is 2.33. The first-order valence-corrected chi connectivity index (χ1v) is 5.14. The van der Waals surface area contributed by atoms with E-state index in [9.17, 15) is 0 Å². The zero-order valence-electron chi connectivity index (χ0n) is 8.20. The van der Waals surface area contributed by atoms with Crippen molar-refractivity contribution in [3.8, 4) is 0 Å². The third kappa shape index (κ3) is 2.14. The van der Waals surface area contributed by atoms with Gasteiger partial charge in [-0.1, -0.05) is 23.7 Å². The lowest BCUT2D eigenvalue weighted by molar-refractivity contribution is 0.370. The molecule has 0 atom stereocenters. The van der Waals surface area contributed by atoms with Crippen molar-refractivity contribution in [3.63, 3.8) is 0 Å². The predicted octanol–water partition coefficient (Wildman–Crippen LogP) is 2.45. The molecule has 1 aliphatic rings. The number of likely N-dealkylation sites (N-methyl/N-ethyl adjacent to an activating group) is 1. The van der Waals surface area contributed by atoms with E-state index < -0.39 is 0 Å². The van der Waals surface area contributed by atoms with Crippen LogP contribution >= 0.6 is 11.6 Å². The largest absolute Gasteiger partial charge is 0.302 e. The van der Waals surface area contributed by atoms with Crippen LogP contribution in [0.3, 0.4) is 0 Å². The summed E-state index contributed by atoms with van der Waals surface area (Å²) < 4.78 is 0. The fraction of sp³-hybridized carbons (Fsp3) is 0.364. The van der Waals surface area contributed by atoms with Gasteiger partial charge in [0, 0.05) is 13.1 Å². The van der Waals surface area contributed by atoms with Gasteiger partial charge in [-0.15, -0.1) is 0 Å². The molecule has 1 aliphatic heterocycles. The highest BCUT2D eigenvalue weighted by atomic mass is 35.5.